The van der Waals surface area contributed by atoms with E-state index >= 15 is 0 Å². The van der Waals surface area contributed by atoms with Crippen LogP contribution in [0.2, 0.25) is 5.15 Å². The van der Waals surface area contributed by atoms with E-state index in [0.717, 1.165) is 0 Å². The Morgan fingerprint density at radius 3 is 2.75 bits per heavy atom. The predicted molar refractivity (Wildman–Crippen MR) is 75.8 cm³/mol. The number of methoxy groups -OCH3 is 1. The second-order valence-corrected chi connectivity index (χ2v) is 5.11. The van der Waals surface area contributed by atoms with Crippen LogP contribution in [0.5, 0.6) is 0 Å². The molecule has 3 nitrogen and oxygen atoms in total. The van der Waals surface area contributed by atoms with Gasteiger partial charge in [-0.3, -0.25) is 0 Å². The van der Waals surface area contributed by atoms with E-state index in [4.69, 9.17) is 16.3 Å². The summed E-state index contributed by atoms with van der Waals surface area (Å²) in [7, 11) is 1.53. The highest BCUT2D eigenvalue weighted by Crippen LogP contribution is 2.29. The highest BCUT2D eigenvalue weighted by molar-refractivity contribution is 9.10. The number of alkyl halides is 2. The summed E-state index contributed by atoms with van der Waals surface area (Å²) < 4.78 is 31.0. The third kappa shape index (κ3) is 3.31. The summed E-state index contributed by atoms with van der Waals surface area (Å²) >= 11 is 9.27. The molecule has 0 N–H and O–H groups in total. The predicted octanol–water partition coefficient (Wildman–Crippen LogP) is 4.64. The fourth-order valence-electron chi connectivity index (χ4n) is 1.64. The third-order valence-corrected chi connectivity index (χ3v) is 3.89. The van der Waals surface area contributed by atoms with Crippen molar-refractivity contribution in [1.29, 1.82) is 0 Å². The van der Waals surface area contributed by atoms with Gasteiger partial charge in [-0.1, -0.05) is 29.8 Å². The molecule has 0 spiro atoms. The maximum Gasteiger partial charge on any atom is 0.263 e. The van der Waals surface area contributed by atoms with Crippen LogP contribution in [0.15, 0.2) is 28.7 Å². The minimum absolute atomic E-state index is 0.0848. The summed E-state index contributed by atoms with van der Waals surface area (Å²) in [6, 6.07) is 5.89. The molecule has 7 heteroatoms. The number of hydrogen-bond donors (Lipinski definition) is 0. The Kier molecular flexibility index (Phi) is 5.01. The van der Waals surface area contributed by atoms with Crippen molar-refractivity contribution in [1.82, 2.24) is 9.97 Å². The van der Waals surface area contributed by atoms with Crippen LogP contribution < -0.4 is 0 Å². The van der Waals surface area contributed by atoms with E-state index < -0.39 is 6.43 Å². The van der Waals surface area contributed by atoms with Crippen LogP contribution in [-0.4, -0.2) is 17.1 Å². The molecule has 0 aliphatic carbocycles. The molecule has 0 atom stereocenters. The van der Waals surface area contributed by atoms with Crippen molar-refractivity contribution in [2.75, 3.05) is 7.11 Å². The molecule has 1 aromatic heterocycles. The molecule has 1 aromatic carbocycles. The summed E-state index contributed by atoms with van der Waals surface area (Å²) in [6.07, 6.45) is -2.54. The summed E-state index contributed by atoms with van der Waals surface area (Å²) in [5.41, 5.74) is 0.956. The van der Waals surface area contributed by atoms with E-state index in [-0.39, 0.29) is 23.1 Å². The Morgan fingerprint density at radius 1 is 1.35 bits per heavy atom. The van der Waals surface area contributed by atoms with Crippen LogP contribution >= 0.6 is 27.5 Å². The van der Waals surface area contributed by atoms with E-state index in [1.807, 2.05) is 0 Å². The second kappa shape index (κ2) is 6.56. The molecule has 0 saturated heterocycles. The van der Waals surface area contributed by atoms with Crippen molar-refractivity contribution in [2.24, 2.45) is 0 Å². The first-order chi connectivity index (χ1) is 9.52. The molecule has 106 valence electrons. The lowest BCUT2D eigenvalue weighted by Crippen LogP contribution is -2.00. The lowest BCUT2D eigenvalue weighted by Gasteiger charge is -2.08. The van der Waals surface area contributed by atoms with Gasteiger partial charge in [0, 0.05) is 18.2 Å². The van der Waals surface area contributed by atoms with Crippen LogP contribution in [-0.2, 0) is 11.3 Å². The lowest BCUT2D eigenvalue weighted by atomic mass is 10.1. The van der Waals surface area contributed by atoms with Crippen molar-refractivity contribution in [3.05, 3.63) is 45.1 Å². The molecule has 2 rings (SSSR count). The monoisotopic (exact) mass is 362 g/mol. The van der Waals surface area contributed by atoms with Crippen LogP contribution in [0.1, 0.15) is 17.7 Å². The molecule has 0 radical (unpaired) electrons. The number of benzene rings is 1. The molecule has 20 heavy (non-hydrogen) atoms. The number of ether oxygens (including phenoxy) is 1. The summed E-state index contributed by atoms with van der Waals surface area (Å²) in [4.78, 5) is 8.37. The van der Waals surface area contributed by atoms with Crippen molar-refractivity contribution < 1.29 is 13.5 Å². The Labute approximate surface area is 128 Å². The van der Waals surface area contributed by atoms with Gasteiger partial charge in [0.05, 0.1) is 16.8 Å². The zero-order valence-electron chi connectivity index (χ0n) is 10.4. The standard InChI is InChI=1S/C13H10BrClF2N2O/c1-20-6-9-10(14)11(15)19-13(18-9)8-4-2-3-7(5-8)12(16)17/h2-5,12H,6H2,1H3. The molecular weight excluding hydrogens is 354 g/mol. The van der Waals surface area contributed by atoms with Gasteiger partial charge in [-0.25, -0.2) is 18.7 Å². The molecule has 0 saturated carbocycles. The molecule has 0 aliphatic heterocycles. The second-order valence-electron chi connectivity index (χ2n) is 3.96. The number of aromatic nitrogens is 2. The average molecular weight is 364 g/mol. The normalized spacial score (nSPS) is 11.1. The maximum absolute atomic E-state index is 12.7. The number of hydrogen-bond acceptors (Lipinski definition) is 3. The number of rotatable bonds is 4. The minimum Gasteiger partial charge on any atom is -0.378 e. The van der Waals surface area contributed by atoms with Crippen LogP contribution in [0.4, 0.5) is 8.78 Å². The van der Waals surface area contributed by atoms with E-state index in [9.17, 15) is 8.78 Å². The summed E-state index contributed by atoms with van der Waals surface area (Å²) in [6.45, 7) is 0.240. The number of nitrogens with zero attached hydrogens (tertiary/aromatic N) is 2. The van der Waals surface area contributed by atoms with Gasteiger partial charge >= 0.3 is 0 Å². The van der Waals surface area contributed by atoms with E-state index in [2.05, 4.69) is 25.9 Å². The highest BCUT2D eigenvalue weighted by Gasteiger charge is 2.14. The Bertz CT molecular complexity index is 625. The first kappa shape index (κ1) is 15.3. The fraction of sp³-hybridized carbons (Fsp3) is 0.231. The maximum atomic E-state index is 12.7. The minimum atomic E-state index is -2.54. The molecule has 2 aromatic rings. The molecule has 1 heterocycles. The van der Waals surface area contributed by atoms with E-state index in [1.54, 1.807) is 6.07 Å². The van der Waals surface area contributed by atoms with E-state index in [1.165, 1.54) is 25.3 Å². The zero-order valence-corrected chi connectivity index (χ0v) is 12.8. The molecule has 0 fully saturated rings. The topological polar surface area (TPSA) is 35.0 Å². The average Bonchev–Trinajstić information content (AvgIpc) is 2.44. The van der Waals surface area contributed by atoms with Crippen molar-refractivity contribution in [3.63, 3.8) is 0 Å². The van der Waals surface area contributed by atoms with Gasteiger partial charge in [0.15, 0.2) is 5.82 Å². The molecule has 0 aliphatic rings. The van der Waals surface area contributed by atoms with Gasteiger partial charge in [0.2, 0.25) is 0 Å². The largest absolute Gasteiger partial charge is 0.378 e. The Balaban J connectivity index is 2.49. The zero-order chi connectivity index (χ0) is 14.7. The van der Waals surface area contributed by atoms with Gasteiger partial charge in [0.25, 0.3) is 6.43 Å². The van der Waals surface area contributed by atoms with Gasteiger partial charge in [0.1, 0.15) is 5.15 Å². The van der Waals surface area contributed by atoms with Crippen LogP contribution in [0.25, 0.3) is 11.4 Å². The van der Waals surface area contributed by atoms with Gasteiger partial charge in [-0.05, 0) is 22.0 Å². The Hall–Kier alpha value is -1.11. The van der Waals surface area contributed by atoms with Gasteiger partial charge < -0.3 is 4.74 Å². The summed E-state index contributed by atoms with van der Waals surface area (Å²) in [5.74, 6) is 0.285. The van der Waals surface area contributed by atoms with Crippen LogP contribution in [0, 0.1) is 0 Å². The first-order valence-corrected chi connectivity index (χ1v) is 6.79. The smallest absolute Gasteiger partial charge is 0.263 e. The molecular formula is C13H10BrClF2N2O. The fourth-order valence-corrected chi connectivity index (χ4v) is 2.12. The highest BCUT2D eigenvalue weighted by atomic mass is 79.9. The summed E-state index contributed by atoms with van der Waals surface area (Å²) in [5, 5.41) is 0.213. The van der Waals surface area contributed by atoms with Crippen molar-refractivity contribution in [3.8, 4) is 11.4 Å². The quantitative estimate of drug-likeness (QED) is 0.742. The lowest BCUT2D eigenvalue weighted by molar-refractivity contribution is 0.151. The van der Waals surface area contributed by atoms with Crippen LogP contribution in [0.3, 0.4) is 0 Å². The van der Waals surface area contributed by atoms with Crippen molar-refractivity contribution in [2.45, 2.75) is 13.0 Å². The van der Waals surface area contributed by atoms with E-state index in [0.29, 0.717) is 15.7 Å². The molecule has 0 unspecified atom stereocenters. The SMILES string of the molecule is COCc1nc(-c2cccc(C(F)F)c2)nc(Cl)c1Br. The Morgan fingerprint density at radius 2 is 2.10 bits per heavy atom. The molecule has 0 bridgehead atoms. The van der Waals surface area contributed by atoms with Crippen molar-refractivity contribution >= 4 is 27.5 Å². The molecule has 0 amide bonds. The first-order valence-electron chi connectivity index (χ1n) is 5.62. The van der Waals surface area contributed by atoms with Gasteiger partial charge in [-0.2, -0.15) is 0 Å². The van der Waals surface area contributed by atoms with Gasteiger partial charge in [-0.15, -0.1) is 0 Å². The third-order valence-electron chi connectivity index (χ3n) is 2.56. The number of halogens is 4.